The quantitative estimate of drug-likeness (QED) is 0.679. The van der Waals surface area contributed by atoms with Crippen LogP contribution in [-0.4, -0.2) is 10.2 Å². The third-order valence-corrected chi connectivity index (χ3v) is 4.12. The predicted octanol–water partition coefficient (Wildman–Crippen LogP) is 4.88. The van der Waals surface area contributed by atoms with Crippen molar-refractivity contribution in [1.82, 2.24) is 10.2 Å². The standard InChI is InChI=1S/C15H10BrClFN3/c16-11-7-8(18)5-6-9(11)14-13(15(19)21-20-14)10-3-1-2-4-12(10)17/h1-7H,(H3,19,20,21). The molecule has 2 aromatic carbocycles. The van der Waals surface area contributed by atoms with E-state index in [1.54, 1.807) is 12.1 Å². The second-order valence-corrected chi connectivity index (χ2v) is 5.72. The summed E-state index contributed by atoms with van der Waals surface area (Å²) in [4.78, 5) is 0. The maximum Gasteiger partial charge on any atom is 0.153 e. The topological polar surface area (TPSA) is 54.7 Å². The number of H-pyrrole nitrogens is 1. The summed E-state index contributed by atoms with van der Waals surface area (Å²) >= 11 is 9.60. The van der Waals surface area contributed by atoms with Crippen LogP contribution in [0.25, 0.3) is 22.4 Å². The van der Waals surface area contributed by atoms with Gasteiger partial charge in [0.2, 0.25) is 0 Å². The van der Waals surface area contributed by atoms with Crippen LogP contribution in [0.3, 0.4) is 0 Å². The molecule has 21 heavy (non-hydrogen) atoms. The van der Waals surface area contributed by atoms with Crippen molar-refractivity contribution in [2.24, 2.45) is 0 Å². The first-order chi connectivity index (χ1) is 10.1. The number of hydrogen-bond acceptors (Lipinski definition) is 2. The zero-order chi connectivity index (χ0) is 15.0. The molecule has 0 aliphatic heterocycles. The molecule has 1 aromatic heterocycles. The lowest BCUT2D eigenvalue weighted by Crippen LogP contribution is -1.90. The number of anilines is 1. The maximum atomic E-state index is 13.3. The zero-order valence-corrected chi connectivity index (χ0v) is 13.0. The minimum Gasteiger partial charge on any atom is -0.382 e. The van der Waals surface area contributed by atoms with Crippen molar-refractivity contribution in [2.75, 3.05) is 5.73 Å². The van der Waals surface area contributed by atoms with Crippen molar-refractivity contribution < 1.29 is 4.39 Å². The van der Waals surface area contributed by atoms with Crippen LogP contribution in [0.4, 0.5) is 10.2 Å². The van der Waals surface area contributed by atoms with Crippen molar-refractivity contribution in [1.29, 1.82) is 0 Å². The van der Waals surface area contributed by atoms with Gasteiger partial charge in [-0.15, -0.1) is 0 Å². The number of nitrogens with two attached hydrogens (primary N) is 1. The molecule has 3 nitrogen and oxygen atoms in total. The number of hydrogen-bond donors (Lipinski definition) is 2. The Bertz CT molecular complexity index is 816. The molecule has 106 valence electrons. The highest BCUT2D eigenvalue weighted by molar-refractivity contribution is 9.10. The molecule has 1 heterocycles. The molecular weight excluding hydrogens is 357 g/mol. The van der Waals surface area contributed by atoms with E-state index in [9.17, 15) is 4.39 Å². The van der Waals surface area contributed by atoms with Crippen molar-refractivity contribution in [3.63, 3.8) is 0 Å². The molecule has 0 amide bonds. The Morgan fingerprint density at radius 3 is 2.62 bits per heavy atom. The van der Waals surface area contributed by atoms with E-state index in [-0.39, 0.29) is 5.82 Å². The summed E-state index contributed by atoms with van der Waals surface area (Å²) in [5, 5.41) is 7.52. The number of halogens is 3. The van der Waals surface area contributed by atoms with Crippen LogP contribution in [0.2, 0.25) is 5.02 Å². The Labute approximate surface area is 134 Å². The normalized spacial score (nSPS) is 10.8. The van der Waals surface area contributed by atoms with E-state index in [4.69, 9.17) is 17.3 Å². The van der Waals surface area contributed by atoms with E-state index < -0.39 is 0 Å². The number of aromatic amines is 1. The molecule has 0 saturated carbocycles. The highest BCUT2D eigenvalue weighted by Crippen LogP contribution is 2.40. The second-order valence-electron chi connectivity index (χ2n) is 4.46. The van der Waals surface area contributed by atoms with Crippen LogP contribution in [0.15, 0.2) is 46.9 Å². The summed E-state index contributed by atoms with van der Waals surface area (Å²) in [5.74, 6) is 0.0201. The first-order valence-electron chi connectivity index (χ1n) is 6.12. The van der Waals surface area contributed by atoms with E-state index >= 15 is 0 Å². The number of rotatable bonds is 2. The van der Waals surface area contributed by atoms with Crippen LogP contribution >= 0.6 is 27.5 Å². The Kier molecular flexibility index (Phi) is 3.69. The predicted molar refractivity (Wildman–Crippen MR) is 86.5 cm³/mol. The third kappa shape index (κ3) is 2.54. The molecule has 0 aliphatic carbocycles. The summed E-state index contributed by atoms with van der Waals surface area (Å²) in [6.07, 6.45) is 0. The Morgan fingerprint density at radius 1 is 1.14 bits per heavy atom. The molecule has 0 unspecified atom stereocenters. The van der Waals surface area contributed by atoms with Gasteiger partial charge in [-0.2, -0.15) is 5.10 Å². The van der Waals surface area contributed by atoms with Gasteiger partial charge in [-0.3, -0.25) is 5.10 Å². The van der Waals surface area contributed by atoms with Gasteiger partial charge >= 0.3 is 0 Å². The summed E-state index contributed by atoms with van der Waals surface area (Å²) < 4.78 is 13.9. The summed E-state index contributed by atoms with van der Waals surface area (Å²) in [6, 6.07) is 11.8. The smallest absolute Gasteiger partial charge is 0.153 e. The lowest BCUT2D eigenvalue weighted by Gasteiger charge is -2.08. The fourth-order valence-electron chi connectivity index (χ4n) is 2.18. The van der Waals surface area contributed by atoms with Crippen molar-refractivity contribution in [3.05, 3.63) is 57.8 Å². The molecule has 0 aliphatic rings. The molecule has 0 fully saturated rings. The molecular formula is C15H10BrClFN3. The number of nitrogens with zero attached hydrogens (tertiary/aromatic N) is 1. The maximum absolute atomic E-state index is 13.3. The highest BCUT2D eigenvalue weighted by atomic mass is 79.9. The van der Waals surface area contributed by atoms with E-state index in [1.807, 2.05) is 18.2 Å². The van der Waals surface area contributed by atoms with E-state index in [0.717, 1.165) is 11.1 Å². The van der Waals surface area contributed by atoms with Crippen LogP contribution in [0.5, 0.6) is 0 Å². The minimum atomic E-state index is -0.322. The van der Waals surface area contributed by atoms with Crippen LogP contribution < -0.4 is 5.73 Å². The fraction of sp³-hybridized carbons (Fsp3) is 0. The largest absolute Gasteiger partial charge is 0.382 e. The first-order valence-corrected chi connectivity index (χ1v) is 7.29. The number of nitrogen functional groups attached to an aromatic ring is 1. The van der Waals surface area contributed by atoms with Crippen molar-refractivity contribution >= 4 is 33.3 Å². The van der Waals surface area contributed by atoms with E-state index in [1.165, 1.54) is 12.1 Å². The Morgan fingerprint density at radius 2 is 1.90 bits per heavy atom. The Hall–Kier alpha value is -1.85. The van der Waals surface area contributed by atoms with E-state index in [2.05, 4.69) is 26.1 Å². The lowest BCUT2D eigenvalue weighted by molar-refractivity contribution is 0.627. The van der Waals surface area contributed by atoms with Crippen LogP contribution in [0, 0.1) is 5.82 Å². The first kappa shape index (κ1) is 14.1. The SMILES string of the molecule is Nc1n[nH]c(-c2ccc(F)cc2Br)c1-c1ccccc1Cl. The monoisotopic (exact) mass is 365 g/mol. The molecule has 3 rings (SSSR count). The fourth-order valence-corrected chi connectivity index (χ4v) is 2.96. The van der Waals surface area contributed by atoms with Gasteiger partial charge in [-0.25, -0.2) is 4.39 Å². The van der Waals surface area contributed by atoms with Gasteiger partial charge in [0.05, 0.1) is 11.3 Å². The summed E-state index contributed by atoms with van der Waals surface area (Å²) in [5.41, 5.74) is 8.89. The van der Waals surface area contributed by atoms with Gasteiger partial charge in [0.25, 0.3) is 0 Å². The van der Waals surface area contributed by atoms with Crippen molar-refractivity contribution in [3.8, 4) is 22.4 Å². The van der Waals surface area contributed by atoms with Gasteiger partial charge in [0.15, 0.2) is 5.82 Å². The average molecular weight is 367 g/mol. The zero-order valence-electron chi connectivity index (χ0n) is 10.7. The molecule has 0 saturated heterocycles. The van der Waals surface area contributed by atoms with Gasteiger partial charge in [0.1, 0.15) is 5.82 Å². The van der Waals surface area contributed by atoms with Gasteiger partial charge in [-0.05, 0) is 40.2 Å². The van der Waals surface area contributed by atoms with Gasteiger partial charge in [-0.1, -0.05) is 29.8 Å². The second kappa shape index (κ2) is 5.50. The molecule has 3 aromatic rings. The average Bonchev–Trinajstić information content (AvgIpc) is 2.81. The number of benzene rings is 2. The number of aromatic nitrogens is 2. The Balaban J connectivity index is 2.25. The van der Waals surface area contributed by atoms with Gasteiger partial charge < -0.3 is 5.73 Å². The molecule has 0 radical (unpaired) electrons. The third-order valence-electron chi connectivity index (χ3n) is 3.14. The summed E-state index contributed by atoms with van der Waals surface area (Å²) in [7, 11) is 0. The molecule has 6 heteroatoms. The molecule has 3 N–H and O–H groups in total. The minimum absolute atomic E-state index is 0.322. The number of nitrogens with one attached hydrogen (secondary N) is 1. The van der Waals surface area contributed by atoms with E-state index in [0.29, 0.717) is 26.6 Å². The lowest BCUT2D eigenvalue weighted by atomic mass is 10.0. The van der Waals surface area contributed by atoms with Crippen molar-refractivity contribution in [2.45, 2.75) is 0 Å². The molecule has 0 atom stereocenters. The van der Waals surface area contributed by atoms with Crippen LogP contribution in [-0.2, 0) is 0 Å². The van der Waals surface area contributed by atoms with Gasteiger partial charge in [0, 0.05) is 20.6 Å². The highest BCUT2D eigenvalue weighted by Gasteiger charge is 2.18. The summed E-state index contributed by atoms with van der Waals surface area (Å²) in [6.45, 7) is 0. The van der Waals surface area contributed by atoms with Crippen LogP contribution in [0.1, 0.15) is 0 Å². The molecule has 0 spiro atoms. The molecule has 0 bridgehead atoms.